The van der Waals surface area contributed by atoms with E-state index in [0.717, 1.165) is 24.2 Å². The Hall–Kier alpha value is -0.990. The molecule has 0 spiro atoms. The SMILES string of the molecule is Cc1nc(CNS(=O)(=O)C2CCCC2)sc1C(=O)O. The number of aromatic carboxylic acids is 1. The number of carboxylic acid groups (broad SMARTS) is 1. The Balaban J connectivity index is 2.02. The van der Waals surface area contributed by atoms with Crippen LogP contribution in [0.3, 0.4) is 0 Å². The first-order valence-electron chi connectivity index (χ1n) is 6.08. The Labute approximate surface area is 115 Å². The minimum Gasteiger partial charge on any atom is -0.477 e. The second-order valence-corrected chi connectivity index (χ2v) is 7.73. The molecule has 0 saturated heterocycles. The van der Waals surface area contributed by atoms with Crippen LogP contribution in [0, 0.1) is 6.92 Å². The van der Waals surface area contributed by atoms with E-state index in [2.05, 4.69) is 9.71 Å². The minimum absolute atomic E-state index is 0.0671. The highest BCUT2D eigenvalue weighted by Gasteiger charge is 2.28. The molecule has 0 aromatic carbocycles. The second-order valence-electron chi connectivity index (χ2n) is 4.60. The van der Waals surface area contributed by atoms with Crippen LogP contribution < -0.4 is 4.72 Å². The molecule has 106 valence electrons. The molecule has 0 bridgehead atoms. The molecule has 1 aliphatic carbocycles. The highest BCUT2D eigenvalue weighted by atomic mass is 32.2. The molecule has 0 radical (unpaired) electrons. The third-order valence-corrected chi connectivity index (χ3v) is 6.24. The van der Waals surface area contributed by atoms with Crippen molar-refractivity contribution in [1.82, 2.24) is 9.71 Å². The van der Waals surface area contributed by atoms with Crippen molar-refractivity contribution in [3.8, 4) is 0 Å². The third kappa shape index (κ3) is 3.31. The van der Waals surface area contributed by atoms with Gasteiger partial charge in [-0.05, 0) is 19.8 Å². The number of thiazole rings is 1. The lowest BCUT2D eigenvalue weighted by Crippen LogP contribution is -2.32. The Bertz CT molecular complexity index is 574. The number of hydrogen-bond acceptors (Lipinski definition) is 5. The summed E-state index contributed by atoms with van der Waals surface area (Å²) in [5.41, 5.74) is 0.424. The van der Waals surface area contributed by atoms with E-state index in [1.54, 1.807) is 6.92 Å². The van der Waals surface area contributed by atoms with Gasteiger partial charge in [-0.15, -0.1) is 11.3 Å². The molecule has 6 nitrogen and oxygen atoms in total. The molecule has 0 atom stereocenters. The van der Waals surface area contributed by atoms with Gasteiger partial charge in [-0.3, -0.25) is 0 Å². The number of aromatic nitrogens is 1. The summed E-state index contributed by atoms with van der Waals surface area (Å²) in [6, 6.07) is 0. The zero-order valence-corrected chi connectivity index (χ0v) is 12.2. The quantitative estimate of drug-likeness (QED) is 0.859. The molecular formula is C11H16N2O4S2. The van der Waals surface area contributed by atoms with Gasteiger partial charge >= 0.3 is 5.97 Å². The molecule has 0 unspecified atom stereocenters. The number of hydrogen-bond donors (Lipinski definition) is 2. The average molecular weight is 304 g/mol. The van der Waals surface area contributed by atoms with Crippen LogP contribution in [0.5, 0.6) is 0 Å². The molecule has 1 heterocycles. The predicted molar refractivity (Wildman–Crippen MR) is 71.8 cm³/mol. The number of rotatable bonds is 5. The van der Waals surface area contributed by atoms with E-state index in [9.17, 15) is 13.2 Å². The Morgan fingerprint density at radius 3 is 2.63 bits per heavy atom. The van der Waals surface area contributed by atoms with Gasteiger partial charge in [0.2, 0.25) is 10.0 Å². The number of carbonyl (C=O) groups is 1. The molecule has 1 saturated carbocycles. The van der Waals surface area contributed by atoms with Crippen LogP contribution in [-0.4, -0.2) is 29.7 Å². The van der Waals surface area contributed by atoms with Crippen LogP contribution in [-0.2, 0) is 16.6 Å². The molecule has 0 aliphatic heterocycles. The van der Waals surface area contributed by atoms with Gasteiger partial charge in [0, 0.05) is 0 Å². The van der Waals surface area contributed by atoms with Crippen molar-refractivity contribution in [2.75, 3.05) is 0 Å². The molecule has 1 aromatic heterocycles. The van der Waals surface area contributed by atoms with E-state index in [1.165, 1.54) is 0 Å². The van der Waals surface area contributed by atoms with E-state index in [0.29, 0.717) is 23.5 Å². The number of aryl methyl sites for hydroxylation is 1. The van der Waals surface area contributed by atoms with Crippen molar-refractivity contribution in [3.05, 3.63) is 15.6 Å². The first-order chi connectivity index (χ1) is 8.90. The zero-order chi connectivity index (χ0) is 14.0. The molecule has 1 fully saturated rings. The summed E-state index contributed by atoms with van der Waals surface area (Å²) < 4.78 is 26.5. The minimum atomic E-state index is -3.31. The largest absolute Gasteiger partial charge is 0.477 e. The number of sulfonamides is 1. The first kappa shape index (κ1) is 14.4. The zero-order valence-electron chi connectivity index (χ0n) is 10.5. The van der Waals surface area contributed by atoms with Crippen LogP contribution in [0.25, 0.3) is 0 Å². The van der Waals surface area contributed by atoms with E-state index in [-0.39, 0.29) is 16.7 Å². The lowest BCUT2D eigenvalue weighted by molar-refractivity contribution is 0.0701. The predicted octanol–water partition coefficient (Wildman–Crippen LogP) is 1.51. The van der Waals surface area contributed by atoms with Crippen molar-refractivity contribution in [2.45, 2.75) is 44.4 Å². The Morgan fingerprint density at radius 2 is 2.11 bits per heavy atom. The van der Waals surface area contributed by atoms with E-state index >= 15 is 0 Å². The summed E-state index contributed by atoms with van der Waals surface area (Å²) >= 11 is 1.01. The van der Waals surface area contributed by atoms with Gasteiger partial charge in [-0.1, -0.05) is 12.8 Å². The van der Waals surface area contributed by atoms with Crippen molar-refractivity contribution in [2.24, 2.45) is 0 Å². The monoisotopic (exact) mass is 304 g/mol. The first-order valence-corrected chi connectivity index (χ1v) is 8.44. The summed E-state index contributed by atoms with van der Waals surface area (Å²) in [5, 5.41) is 9.08. The summed E-state index contributed by atoms with van der Waals surface area (Å²) in [6.45, 7) is 1.67. The van der Waals surface area contributed by atoms with Crippen LogP contribution in [0.1, 0.15) is 46.1 Å². The Morgan fingerprint density at radius 1 is 1.47 bits per heavy atom. The highest BCUT2D eigenvalue weighted by Crippen LogP contribution is 2.24. The molecule has 2 N–H and O–H groups in total. The number of nitrogens with zero attached hydrogens (tertiary/aromatic N) is 1. The molecule has 19 heavy (non-hydrogen) atoms. The van der Waals surface area contributed by atoms with Gasteiger partial charge in [0.1, 0.15) is 9.88 Å². The van der Waals surface area contributed by atoms with E-state index in [1.807, 2.05) is 0 Å². The molecule has 1 aliphatic rings. The van der Waals surface area contributed by atoms with Crippen molar-refractivity contribution in [3.63, 3.8) is 0 Å². The molecule has 2 rings (SSSR count). The van der Waals surface area contributed by atoms with Gasteiger partial charge in [0.25, 0.3) is 0 Å². The van der Waals surface area contributed by atoms with Crippen molar-refractivity contribution >= 4 is 27.3 Å². The molecule has 1 aromatic rings. The maximum Gasteiger partial charge on any atom is 0.347 e. The lowest BCUT2D eigenvalue weighted by atomic mass is 10.4. The topological polar surface area (TPSA) is 96.4 Å². The van der Waals surface area contributed by atoms with Gasteiger partial charge in [0.05, 0.1) is 17.5 Å². The van der Waals surface area contributed by atoms with Crippen LogP contribution in [0.4, 0.5) is 0 Å². The maximum absolute atomic E-state index is 12.0. The summed E-state index contributed by atoms with van der Waals surface area (Å²) in [7, 11) is -3.31. The average Bonchev–Trinajstić information content (AvgIpc) is 2.95. The smallest absolute Gasteiger partial charge is 0.347 e. The second kappa shape index (κ2) is 5.56. The fourth-order valence-electron chi connectivity index (χ4n) is 2.21. The maximum atomic E-state index is 12.0. The summed E-state index contributed by atoms with van der Waals surface area (Å²) in [4.78, 5) is 15.1. The van der Waals surface area contributed by atoms with Gasteiger partial charge in [-0.25, -0.2) is 22.9 Å². The highest BCUT2D eigenvalue weighted by molar-refractivity contribution is 7.90. The fourth-order valence-corrected chi connectivity index (χ4v) is 4.67. The molecule has 0 amide bonds. The standard InChI is InChI=1S/C11H16N2O4S2/c1-7-10(11(14)15)18-9(13-7)6-12-19(16,17)8-4-2-3-5-8/h8,12H,2-6H2,1H3,(H,14,15). The fraction of sp³-hybridized carbons (Fsp3) is 0.636. The van der Waals surface area contributed by atoms with Gasteiger partial charge in [-0.2, -0.15) is 0 Å². The van der Waals surface area contributed by atoms with Gasteiger partial charge < -0.3 is 5.11 Å². The van der Waals surface area contributed by atoms with Crippen LogP contribution in [0.15, 0.2) is 0 Å². The van der Waals surface area contributed by atoms with E-state index < -0.39 is 16.0 Å². The summed E-state index contributed by atoms with van der Waals surface area (Å²) in [5.74, 6) is -1.03. The normalized spacial score (nSPS) is 16.9. The van der Waals surface area contributed by atoms with Crippen molar-refractivity contribution in [1.29, 1.82) is 0 Å². The summed E-state index contributed by atoms with van der Waals surface area (Å²) in [6.07, 6.45) is 3.30. The van der Waals surface area contributed by atoms with Crippen LogP contribution in [0.2, 0.25) is 0 Å². The number of carboxylic acids is 1. The molecular weight excluding hydrogens is 288 g/mol. The number of nitrogens with one attached hydrogen (secondary N) is 1. The Kier molecular flexibility index (Phi) is 4.22. The van der Waals surface area contributed by atoms with E-state index in [4.69, 9.17) is 5.11 Å². The third-order valence-electron chi connectivity index (χ3n) is 3.20. The molecule has 8 heteroatoms. The van der Waals surface area contributed by atoms with Crippen LogP contribution >= 0.6 is 11.3 Å². The van der Waals surface area contributed by atoms with Gasteiger partial charge in [0.15, 0.2) is 0 Å². The van der Waals surface area contributed by atoms with Crippen molar-refractivity contribution < 1.29 is 18.3 Å². The lowest BCUT2D eigenvalue weighted by Gasteiger charge is -2.10.